The second-order valence-electron chi connectivity index (χ2n) is 12.4. The van der Waals surface area contributed by atoms with Crippen LogP contribution < -0.4 is 5.73 Å². The van der Waals surface area contributed by atoms with Gasteiger partial charge in [0.1, 0.15) is 6.61 Å². The van der Waals surface area contributed by atoms with Crippen LogP contribution in [0.4, 0.5) is 0 Å². The van der Waals surface area contributed by atoms with Gasteiger partial charge < -0.3 is 20.1 Å². The normalized spacial score (nSPS) is 14.1. The molecule has 0 radical (unpaired) electrons. The van der Waals surface area contributed by atoms with Gasteiger partial charge in [-0.05, 0) is 57.8 Å². The molecule has 0 heterocycles. The Bertz CT molecular complexity index is 1010. The molecule has 0 saturated carbocycles. The Morgan fingerprint density at radius 2 is 1.10 bits per heavy atom. The van der Waals surface area contributed by atoms with E-state index in [9.17, 15) is 19.0 Å². The number of unbranched alkanes of at least 4 members (excludes halogenated alkanes) is 12. The number of hydrogen-bond donors (Lipinski definition) is 2. The van der Waals surface area contributed by atoms with Crippen LogP contribution in [-0.2, 0) is 32.7 Å². The number of nitrogens with two attached hydrogens (primary N) is 1. The summed E-state index contributed by atoms with van der Waals surface area (Å²) in [7, 11) is -4.38. The SMILES string of the molecule is CC/C=C/C/C=C/C/C=C/C/C=C/C/C=C/CCCCCC(=O)O[C@H](COC(=O)CCCCCCCCCCCC)COP(=O)(O)OCCN. The number of ether oxygens (including phenoxy) is 2. The van der Waals surface area contributed by atoms with Crippen LogP contribution in [0.5, 0.6) is 0 Å². The van der Waals surface area contributed by atoms with Crippen molar-refractivity contribution in [2.75, 3.05) is 26.4 Å². The highest BCUT2D eigenvalue weighted by molar-refractivity contribution is 7.47. The van der Waals surface area contributed by atoms with E-state index < -0.39 is 32.5 Å². The van der Waals surface area contributed by atoms with Crippen LogP contribution >= 0.6 is 7.82 Å². The number of esters is 2. The molecule has 0 aliphatic rings. The van der Waals surface area contributed by atoms with Crippen LogP contribution in [0, 0.1) is 0 Å². The number of phosphoric ester groups is 1. The van der Waals surface area contributed by atoms with Crippen molar-refractivity contribution in [1.82, 2.24) is 0 Å². The summed E-state index contributed by atoms with van der Waals surface area (Å²) in [4.78, 5) is 34.7. The van der Waals surface area contributed by atoms with Crippen LogP contribution in [0.2, 0.25) is 0 Å². The van der Waals surface area contributed by atoms with Crippen LogP contribution in [0.15, 0.2) is 60.8 Å². The molecular formula is C40H70NO8P. The van der Waals surface area contributed by atoms with Crippen LogP contribution in [0.1, 0.15) is 149 Å². The third kappa shape index (κ3) is 35.5. The lowest BCUT2D eigenvalue weighted by atomic mass is 10.1. The molecule has 0 amide bonds. The maximum absolute atomic E-state index is 12.5. The first-order valence-corrected chi connectivity index (χ1v) is 20.8. The molecule has 2 atom stereocenters. The summed E-state index contributed by atoms with van der Waals surface area (Å²) >= 11 is 0. The minimum Gasteiger partial charge on any atom is -0.462 e. The number of carbonyl (C=O) groups is 2. The van der Waals surface area contributed by atoms with E-state index in [0.29, 0.717) is 6.42 Å². The van der Waals surface area contributed by atoms with Gasteiger partial charge >= 0.3 is 19.8 Å². The van der Waals surface area contributed by atoms with Crippen LogP contribution in [0.25, 0.3) is 0 Å². The standard InChI is InChI=1S/C40H70NO8P/c1-3-5-7-9-11-13-15-16-17-18-19-20-21-22-23-25-27-29-31-33-40(43)49-38(37-48-50(44,45)47-35-34-41)36-46-39(42)32-30-28-26-24-14-12-10-8-6-4-2/h5,7,11,13,16-17,19-20,22-23,38H,3-4,6,8-10,12,14-15,18,21,24-37,41H2,1-2H3,(H,44,45)/b7-5+,13-11+,17-16+,20-19+,23-22+/t38-/m1/s1. The van der Waals surface area contributed by atoms with Crippen molar-refractivity contribution in [3.63, 3.8) is 0 Å². The fourth-order valence-corrected chi connectivity index (χ4v) is 5.60. The monoisotopic (exact) mass is 723 g/mol. The number of carbonyl (C=O) groups excluding carboxylic acids is 2. The van der Waals surface area contributed by atoms with E-state index in [2.05, 4.69) is 74.6 Å². The highest BCUT2D eigenvalue weighted by atomic mass is 31.2. The predicted octanol–water partition coefficient (Wildman–Crippen LogP) is 10.5. The first kappa shape index (κ1) is 47.7. The predicted molar refractivity (Wildman–Crippen MR) is 206 cm³/mol. The molecule has 0 aromatic carbocycles. The molecule has 0 fully saturated rings. The molecule has 3 N–H and O–H groups in total. The van der Waals surface area contributed by atoms with Gasteiger partial charge in [0.15, 0.2) is 6.10 Å². The smallest absolute Gasteiger partial charge is 0.462 e. The Morgan fingerprint density at radius 3 is 1.64 bits per heavy atom. The second kappa shape index (κ2) is 36.5. The van der Waals surface area contributed by atoms with Crippen molar-refractivity contribution in [3.05, 3.63) is 60.8 Å². The summed E-state index contributed by atoms with van der Waals surface area (Å²) in [6.07, 6.45) is 41.1. The molecule has 0 aromatic heterocycles. The number of hydrogen-bond acceptors (Lipinski definition) is 8. The molecule has 0 aliphatic heterocycles. The summed E-state index contributed by atoms with van der Waals surface area (Å²) in [5, 5.41) is 0. The van der Waals surface area contributed by atoms with Gasteiger partial charge in [-0.3, -0.25) is 18.6 Å². The summed E-state index contributed by atoms with van der Waals surface area (Å²) in [6.45, 7) is 3.54. The van der Waals surface area contributed by atoms with Crippen molar-refractivity contribution in [3.8, 4) is 0 Å². The molecule has 1 unspecified atom stereocenters. The molecule has 0 bridgehead atoms. The van der Waals surface area contributed by atoms with Gasteiger partial charge in [0.2, 0.25) is 0 Å². The van der Waals surface area contributed by atoms with Gasteiger partial charge in [0, 0.05) is 19.4 Å². The van der Waals surface area contributed by atoms with Crippen LogP contribution in [-0.4, -0.2) is 49.3 Å². The maximum Gasteiger partial charge on any atom is 0.472 e. The fraction of sp³-hybridized carbons (Fsp3) is 0.700. The van der Waals surface area contributed by atoms with Crippen molar-refractivity contribution < 1.29 is 37.6 Å². The minimum atomic E-state index is -4.38. The second-order valence-corrected chi connectivity index (χ2v) is 13.9. The summed E-state index contributed by atoms with van der Waals surface area (Å²) in [6, 6.07) is 0. The Labute approximate surface area is 304 Å². The largest absolute Gasteiger partial charge is 0.472 e. The topological polar surface area (TPSA) is 134 Å². The number of phosphoric acid groups is 1. The van der Waals surface area contributed by atoms with Gasteiger partial charge in [-0.25, -0.2) is 4.57 Å². The zero-order valence-corrected chi connectivity index (χ0v) is 32.3. The van der Waals surface area contributed by atoms with E-state index in [1.165, 1.54) is 44.9 Å². The lowest BCUT2D eigenvalue weighted by molar-refractivity contribution is -0.161. The third-order valence-electron chi connectivity index (χ3n) is 7.67. The van der Waals surface area contributed by atoms with E-state index in [1.807, 2.05) is 0 Å². The van der Waals surface area contributed by atoms with Gasteiger partial charge in [-0.1, -0.05) is 139 Å². The Balaban J connectivity index is 4.28. The molecule has 0 spiro atoms. The molecule has 288 valence electrons. The Morgan fingerprint density at radius 1 is 0.620 bits per heavy atom. The highest BCUT2D eigenvalue weighted by Crippen LogP contribution is 2.43. The van der Waals surface area contributed by atoms with E-state index in [1.54, 1.807) is 0 Å². The molecule has 9 nitrogen and oxygen atoms in total. The quantitative estimate of drug-likeness (QED) is 0.0283. The van der Waals surface area contributed by atoms with Gasteiger partial charge in [0.25, 0.3) is 0 Å². The lowest BCUT2D eigenvalue weighted by Gasteiger charge is -2.19. The van der Waals surface area contributed by atoms with Crippen molar-refractivity contribution >= 4 is 19.8 Å². The summed E-state index contributed by atoms with van der Waals surface area (Å²) in [5.41, 5.74) is 5.33. The first-order valence-electron chi connectivity index (χ1n) is 19.3. The van der Waals surface area contributed by atoms with Gasteiger partial charge in [-0.2, -0.15) is 0 Å². The summed E-state index contributed by atoms with van der Waals surface area (Å²) in [5.74, 6) is -0.873. The zero-order valence-electron chi connectivity index (χ0n) is 31.4. The molecule has 0 aromatic rings. The van der Waals surface area contributed by atoms with Crippen molar-refractivity contribution in [2.45, 2.75) is 155 Å². The van der Waals surface area contributed by atoms with Gasteiger partial charge in [-0.15, -0.1) is 0 Å². The van der Waals surface area contributed by atoms with E-state index >= 15 is 0 Å². The molecule has 0 saturated heterocycles. The van der Waals surface area contributed by atoms with E-state index in [4.69, 9.17) is 24.3 Å². The molecule has 0 rings (SSSR count). The zero-order chi connectivity index (χ0) is 36.8. The molecule has 0 aliphatic carbocycles. The molecular weight excluding hydrogens is 653 g/mol. The Hall–Kier alpha value is -2.29. The fourth-order valence-electron chi connectivity index (χ4n) is 4.84. The molecule has 50 heavy (non-hydrogen) atoms. The molecule has 10 heteroatoms. The average Bonchev–Trinajstić information content (AvgIpc) is 3.10. The first-order chi connectivity index (χ1) is 24.3. The average molecular weight is 724 g/mol. The lowest BCUT2D eigenvalue weighted by Crippen LogP contribution is -2.29. The number of rotatable bonds is 35. The number of allylic oxidation sites excluding steroid dienone is 10. The maximum atomic E-state index is 12.5. The van der Waals surface area contributed by atoms with Crippen molar-refractivity contribution in [2.24, 2.45) is 5.73 Å². The van der Waals surface area contributed by atoms with Crippen molar-refractivity contribution in [1.29, 1.82) is 0 Å². The van der Waals surface area contributed by atoms with Crippen LogP contribution in [0.3, 0.4) is 0 Å². The minimum absolute atomic E-state index is 0.0456. The van der Waals surface area contributed by atoms with E-state index in [0.717, 1.165) is 70.6 Å². The van der Waals surface area contributed by atoms with Gasteiger partial charge in [0.05, 0.1) is 13.2 Å². The third-order valence-corrected chi connectivity index (χ3v) is 8.65. The van der Waals surface area contributed by atoms with E-state index in [-0.39, 0.29) is 32.6 Å². The Kier molecular flexibility index (Phi) is 34.8. The summed E-state index contributed by atoms with van der Waals surface area (Å²) < 4.78 is 32.6. The highest BCUT2D eigenvalue weighted by Gasteiger charge is 2.25.